The first-order valence-electron chi connectivity index (χ1n) is 7.33. The standard InChI is InChI=1S/C16H21F2NO2/c1-3-21-15(20)11-16(2,19-6-4-5-7-19)12-8-13(17)10-14(18)9-12/h8-10H,3-7,11H2,1-2H3. The molecule has 5 heteroatoms. The maximum Gasteiger partial charge on any atom is 0.307 e. The van der Waals surface area contributed by atoms with Crippen LogP contribution in [-0.2, 0) is 15.1 Å². The van der Waals surface area contributed by atoms with E-state index in [1.54, 1.807) is 6.92 Å². The molecule has 21 heavy (non-hydrogen) atoms. The normalized spacial score (nSPS) is 18.5. The number of likely N-dealkylation sites (tertiary alicyclic amines) is 1. The van der Waals surface area contributed by atoms with Gasteiger partial charge in [0.2, 0.25) is 0 Å². The van der Waals surface area contributed by atoms with Crippen molar-refractivity contribution in [1.29, 1.82) is 0 Å². The van der Waals surface area contributed by atoms with Gasteiger partial charge in [0.25, 0.3) is 0 Å². The van der Waals surface area contributed by atoms with E-state index in [4.69, 9.17) is 4.74 Å². The Morgan fingerprint density at radius 2 is 1.81 bits per heavy atom. The molecule has 1 fully saturated rings. The smallest absolute Gasteiger partial charge is 0.307 e. The zero-order valence-electron chi connectivity index (χ0n) is 12.5. The van der Waals surface area contributed by atoms with Gasteiger partial charge in [0.15, 0.2) is 0 Å². The van der Waals surface area contributed by atoms with E-state index in [-0.39, 0.29) is 12.4 Å². The van der Waals surface area contributed by atoms with Crippen LogP contribution in [0.1, 0.15) is 38.7 Å². The van der Waals surface area contributed by atoms with Gasteiger partial charge in [-0.3, -0.25) is 9.69 Å². The molecule has 1 saturated heterocycles. The van der Waals surface area contributed by atoms with E-state index in [1.807, 2.05) is 6.92 Å². The molecule has 1 aliphatic rings. The zero-order chi connectivity index (χ0) is 15.5. The van der Waals surface area contributed by atoms with E-state index in [0.29, 0.717) is 12.2 Å². The molecule has 0 aromatic heterocycles. The Kier molecular flexibility index (Phi) is 4.93. The Morgan fingerprint density at radius 3 is 2.33 bits per heavy atom. The average molecular weight is 297 g/mol. The molecule has 0 aliphatic carbocycles. The van der Waals surface area contributed by atoms with Crippen molar-refractivity contribution in [2.24, 2.45) is 0 Å². The molecular weight excluding hydrogens is 276 g/mol. The van der Waals surface area contributed by atoms with Gasteiger partial charge in [-0.2, -0.15) is 0 Å². The van der Waals surface area contributed by atoms with Gasteiger partial charge in [0.1, 0.15) is 11.6 Å². The van der Waals surface area contributed by atoms with Crippen molar-refractivity contribution >= 4 is 5.97 Å². The van der Waals surface area contributed by atoms with Crippen molar-refractivity contribution in [2.75, 3.05) is 19.7 Å². The number of rotatable bonds is 5. The molecular formula is C16H21F2NO2. The number of benzene rings is 1. The van der Waals surface area contributed by atoms with Crippen LogP contribution in [0.15, 0.2) is 18.2 Å². The number of hydrogen-bond acceptors (Lipinski definition) is 3. The molecule has 0 N–H and O–H groups in total. The van der Waals surface area contributed by atoms with Crippen molar-refractivity contribution in [3.05, 3.63) is 35.4 Å². The molecule has 1 atom stereocenters. The minimum atomic E-state index is -0.744. The third kappa shape index (κ3) is 3.59. The highest BCUT2D eigenvalue weighted by Crippen LogP contribution is 2.35. The van der Waals surface area contributed by atoms with Gasteiger partial charge in [-0.15, -0.1) is 0 Å². The fourth-order valence-electron chi connectivity index (χ4n) is 2.96. The van der Waals surface area contributed by atoms with Crippen LogP contribution in [0.2, 0.25) is 0 Å². The number of ether oxygens (including phenoxy) is 1. The zero-order valence-corrected chi connectivity index (χ0v) is 12.5. The topological polar surface area (TPSA) is 29.5 Å². The molecule has 0 spiro atoms. The monoisotopic (exact) mass is 297 g/mol. The number of nitrogens with zero attached hydrogens (tertiary/aromatic N) is 1. The molecule has 0 amide bonds. The van der Waals surface area contributed by atoms with Crippen LogP contribution in [0.25, 0.3) is 0 Å². The lowest BCUT2D eigenvalue weighted by Gasteiger charge is -2.38. The number of carbonyl (C=O) groups is 1. The summed E-state index contributed by atoms with van der Waals surface area (Å²) in [6, 6.07) is 3.46. The Bertz CT molecular complexity index is 495. The highest BCUT2D eigenvalue weighted by atomic mass is 19.1. The molecule has 1 heterocycles. The summed E-state index contributed by atoms with van der Waals surface area (Å²) in [7, 11) is 0. The van der Waals surface area contributed by atoms with Gasteiger partial charge in [-0.05, 0) is 57.5 Å². The predicted molar refractivity (Wildman–Crippen MR) is 75.8 cm³/mol. The molecule has 3 nitrogen and oxygen atoms in total. The number of halogens is 2. The summed E-state index contributed by atoms with van der Waals surface area (Å²) in [6.45, 7) is 5.52. The van der Waals surface area contributed by atoms with Crippen LogP contribution in [-0.4, -0.2) is 30.6 Å². The van der Waals surface area contributed by atoms with E-state index >= 15 is 0 Å². The quantitative estimate of drug-likeness (QED) is 0.782. The van der Waals surface area contributed by atoms with Crippen LogP contribution in [0, 0.1) is 11.6 Å². The molecule has 0 radical (unpaired) electrons. The highest BCUT2D eigenvalue weighted by Gasteiger charge is 2.38. The lowest BCUT2D eigenvalue weighted by molar-refractivity contribution is -0.146. The van der Waals surface area contributed by atoms with Crippen molar-refractivity contribution in [3.63, 3.8) is 0 Å². The maximum absolute atomic E-state index is 13.6. The van der Waals surface area contributed by atoms with Crippen LogP contribution in [0.5, 0.6) is 0 Å². The third-order valence-electron chi connectivity index (χ3n) is 4.08. The van der Waals surface area contributed by atoms with Gasteiger partial charge < -0.3 is 4.74 Å². The first-order chi connectivity index (χ1) is 9.95. The second-order valence-electron chi connectivity index (χ2n) is 5.61. The number of carbonyl (C=O) groups excluding carboxylic acids is 1. The van der Waals surface area contributed by atoms with Crippen LogP contribution in [0.4, 0.5) is 8.78 Å². The Balaban J connectivity index is 2.36. The highest BCUT2D eigenvalue weighted by molar-refractivity contribution is 5.71. The molecule has 2 rings (SSSR count). The Morgan fingerprint density at radius 1 is 1.24 bits per heavy atom. The van der Waals surface area contributed by atoms with E-state index < -0.39 is 17.2 Å². The predicted octanol–water partition coefficient (Wildman–Crippen LogP) is 3.23. The van der Waals surface area contributed by atoms with Crippen LogP contribution >= 0.6 is 0 Å². The molecule has 1 aliphatic heterocycles. The van der Waals surface area contributed by atoms with Crippen molar-refractivity contribution in [1.82, 2.24) is 4.90 Å². The van der Waals surface area contributed by atoms with E-state index in [9.17, 15) is 13.6 Å². The van der Waals surface area contributed by atoms with Crippen molar-refractivity contribution in [2.45, 2.75) is 38.6 Å². The fourth-order valence-corrected chi connectivity index (χ4v) is 2.96. The summed E-state index contributed by atoms with van der Waals surface area (Å²) in [5.41, 5.74) is -0.263. The minimum absolute atomic E-state index is 0.0870. The lowest BCUT2D eigenvalue weighted by Crippen LogP contribution is -2.44. The number of esters is 1. The second-order valence-corrected chi connectivity index (χ2v) is 5.61. The third-order valence-corrected chi connectivity index (χ3v) is 4.08. The molecule has 116 valence electrons. The molecule has 0 bridgehead atoms. The fraction of sp³-hybridized carbons (Fsp3) is 0.562. The summed E-state index contributed by atoms with van der Waals surface area (Å²) in [5, 5.41) is 0. The van der Waals surface area contributed by atoms with Gasteiger partial charge >= 0.3 is 5.97 Å². The molecule has 1 aromatic rings. The maximum atomic E-state index is 13.6. The van der Waals surface area contributed by atoms with Crippen LogP contribution < -0.4 is 0 Å². The SMILES string of the molecule is CCOC(=O)CC(C)(c1cc(F)cc(F)c1)N1CCCC1. The Labute approximate surface area is 123 Å². The molecule has 1 aromatic carbocycles. The average Bonchev–Trinajstić information content (AvgIpc) is 2.91. The minimum Gasteiger partial charge on any atom is -0.466 e. The van der Waals surface area contributed by atoms with Gasteiger partial charge in [-0.25, -0.2) is 8.78 Å². The van der Waals surface area contributed by atoms with Crippen molar-refractivity contribution in [3.8, 4) is 0 Å². The summed E-state index contributed by atoms with van der Waals surface area (Å²) < 4.78 is 32.1. The largest absolute Gasteiger partial charge is 0.466 e. The van der Waals surface area contributed by atoms with E-state index in [0.717, 1.165) is 32.0 Å². The molecule has 0 saturated carbocycles. The van der Waals surface area contributed by atoms with E-state index in [1.165, 1.54) is 12.1 Å². The second kappa shape index (κ2) is 6.52. The molecule has 1 unspecified atom stereocenters. The van der Waals surface area contributed by atoms with Crippen LogP contribution in [0.3, 0.4) is 0 Å². The van der Waals surface area contributed by atoms with Gasteiger partial charge in [0, 0.05) is 6.07 Å². The first-order valence-corrected chi connectivity index (χ1v) is 7.33. The summed E-state index contributed by atoms with van der Waals surface area (Å²) >= 11 is 0. The number of hydrogen-bond donors (Lipinski definition) is 0. The summed E-state index contributed by atoms with van der Waals surface area (Å²) in [6.07, 6.45) is 2.14. The van der Waals surface area contributed by atoms with Crippen molar-refractivity contribution < 1.29 is 18.3 Å². The summed E-state index contributed by atoms with van der Waals surface area (Å²) in [5.74, 6) is -1.60. The summed E-state index contributed by atoms with van der Waals surface area (Å²) in [4.78, 5) is 14.0. The first kappa shape index (κ1) is 15.9. The van der Waals surface area contributed by atoms with Gasteiger partial charge in [-0.1, -0.05) is 0 Å². The van der Waals surface area contributed by atoms with E-state index in [2.05, 4.69) is 4.90 Å². The Hall–Kier alpha value is -1.49. The lowest BCUT2D eigenvalue weighted by atomic mass is 9.86. The van der Waals surface area contributed by atoms with Gasteiger partial charge in [0.05, 0.1) is 18.6 Å².